The molecule has 0 unspecified atom stereocenters. The molecule has 1 aliphatic heterocycles. The van der Waals surface area contributed by atoms with E-state index >= 15 is 0 Å². The molecule has 0 radical (unpaired) electrons. The van der Waals surface area contributed by atoms with Crippen molar-refractivity contribution < 1.29 is 9.53 Å². The average Bonchev–Trinajstić information content (AvgIpc) is 2.59. The molecular weight excluding hydrogens is 298 g/mol. The molecule has 1 amide bonds. The van der Waals surface area contributed by atoms with Gasteiger partial charge in [-0.2, -0.15) is 0 Å². The second-order valence-electron chi connectivity index (χ2n) is 5.45. The number of carbonyl (C=O) groups excluding carboxylic acids is 1. The summed E-state index contributed by atoms with van der Waals surface area (Å²) in [6, 6.07) is -0.0209. The Labute approximate surface area is 115 Å². The van der Waals surface area contributed by atoms with Crippen LogP contribution in [0.4, 0.5) is 4.79 Å². The first-order chi connectivity index (χ1) is 8.29. The third-order valence-electron chi connectivity index (χ3n) is 2.93. The second kappa shape index (κ2) is 4.57. The van der Waals surface area contributed by atoms with Gasteiger partial charge in [0, 0.05) is 13.1 Å². The van der Waals surface area contributed by atoms with Gasteiger partial charge in [-0.1, -0.05) is 0 Å². The molecule has 2 rings (SSSR count). The van der Waals surface area contributed by atoms with Crippen molar-refractivity contribution >= 4 is 22.0 Å². The zero-order chi connectivity index (χ0) is 13.5. The van der Waals surface area contributed by atoms with Crippen LogP contribution < -0.4 is 0 Å². The Morgan fingerprint density at radius 1 is 1.50 bits per heavy atom. The fraction of sp³-hybridized carbons (Fsp3) is 0.667. The Hall–Kier alpha value is -1.04. The number of carbonyl (C=O) groups is 1. The largest absolute Gasteiger partial charge is 0.444 e. The number of fused-ring (bicyclic) bond motifs is 1. The van der Waals surface area contributed by atoms with Gasteiger partial charge in [0.15, 0.2) is 4.73 Å². The van der Waals surface area contributed by atoms with Crippen LogP contribution in [-0.2, 0) is 11.3 Å². The first-order valence-corrected chi connectivity index (χ1v) is 6.79. The Morgan fingerprint density at radius 3 is 2.78 bits per heavy atom. The highest BCUT2D eigenvalue weighted by Gasteiger charge is 2.32. The number of amides is 1. The van der Waals surface area contributed by atoms with Crippen molar-refractivity contribution in [2.45, 2.75) is 45.9 Å². The van der Waals surface area contributed by atoms with Gasteiger partial charge in [-0.25, -0.2) is 9.78 Å². The molecule has 2 heterocycles. The highest BCUT2D eigenvalue weighted by molar-refractivity contribution is 9.10. The number of rotatable bonds is 0. The Morgan fingerprint density at radius 2 is 2.17 bits per heavy atom. The maximum absolute atomic E-state index is 12.1. The van der Waals surface area contributed by atoms with Gasteiger partial charge in [0.2, 0.25) is 0 Å². The fourth-order valence-electron chi connectivity index (χ4n) is 2.05. The summed E-state index contributed by atoms with van der Waals surface area (Å²) in [7, 11) is 0. The molecule has 1 aromatic rings. The Kier molecular flexibility index (Phi) is 3.40. The van der Waals surface area contributed by atoms with E-state index in [0.29, 0.717) is 6.54 Å². The van der Waals surface area contributed by atoms with E-state index < -0.39 is 5.60 Å². The summed E-state index contributed by atoms with van der Waals surface area (Å²) in [6.45, 7) is 8.99. The van der Waals surface area contributed by atoms with Crippen molar-refractivity contribution in [2.75, 3.05) is 6.54 Å². The van der Waals surface area contributed by atoms with E-state index in [1.54, 1.807) is 11.1 Å². The van der Waals surface area contributed by atoms with Crippen LogP contribution in [0.25, 0.3) is 0 Å². The summed E-state index contributed by atoms with van der Waals surface area (Å²) in [5, 5.41) is 0. The van der Waals surface area contributed by atoms with Gasteiger partial charge in [0.1, 0.15) is 5.60 Å². The standard InChI is InChI=1S/C12H18BrN3O2/c1-8-9-7-14-10(13)16(9)6-5-15(8)11(17)18-12(2,3)4/h7-8H,5-6H2,1-4H3/t8-/m0/s1. The minimum absolute atomic E-state index is 0.0209. The maximum Gasteiger partial charge on any atom is 0.410 e. The zero-order valence-corrected chi connectivity index (χ0v) is 12.7. The van der Waals surface area contributed by atoms with Gasteiger partial charge in [-0.15, -0.1) is 0 Å². The van der Waals surface area contributed by atoms with E-state index in [9.17, 15) is 4.79 Å². The van der Waals surface area contributed by atoms with Gasteiger partial charge in [0.25, 0.3) is 0 Å². The summed E-state index contributed by atoms with van der Waals surface area (Å²) in [6.07, 6.45) is 1.53. The highest BCUT2D eigenvalue weighted by atomic mass is 79.9. The lowest BCUT2D eigenvalue weighted by Gasteiger charge is -2.35. The predicted octanol–water partition coefficient (Wildman–Crippen LogP) is 2.96. The van der Waals surface area contributed by atoms with Gasteiger partial charge in [-0.3, -0.25) is 4.90 Å². The summed E-state index contributed by atoms with van der Waals surface area (Å²) >= 11 is 3.40. The first kappa shape index (κ1) is 13.4. The molecule has 5 nitrogen and oxygen atoms in total. The van der Waals surface area contributed by atoms with Crippen LogP contribution in [-0.4, -0.2) is 32.7 Å². The Bertz CT molecular complexity index is 464. The topological polar surface area (TPSA) is 47.4 Å². The number of hydrogen-bond donors (Lipinski definition) is 0. The van der Waals surface area contributed by atoms with Crippen LogP contribution in [0.3, 0.4) is 0 Å². The molecule has 100 valence electrons. The molecule has 0 saturated carbocycles. The molecule has 0 spiro atoms. The number of aromatic nitrogens is 2. The van der Waals surface area contributed by atoms with Gasteiger partial charge in [-0.05, 0) is 43.6 Å². The lowest BCUT2D eigenvalue weighted by atomic mass is 10.1. The van der Waals surface area contributed by atoms with Gasteiger partial charge in [0.05, 0.1) is 17.9 Å². The summed E-state index contributed by atoms with van der Waals surface area (Å²) in [4.78, 5) is 18.1. The monoisotopic (exact) mass is 315 g/mol. The fourth-order valence-corrected chi connectivity index (χ4v) is 2.54. The molecule has 0 bridgehead atoms. The number of halogens is 1. The average molecular weight is 316 g/mol. The van der Waals surface area contributed by atoms with Crippen LogP contribution in [0.2, 0.25) is 0 Å². The van der Waals surface area contributed by atoms with Crippen molar-refractivity contribution in [3.63, 3.8) is 0 Å². The van der Waals surface area contributed by atoms with E-state index in [1.165, 1.54) is 0 Å². The van der Waals surface area contributed by atoms with Gasteiger partial charge < -0.3 is 9.30 Å². The van der Waals surface area contributed by atoms with Crippen molar-refractivity contribution in [2.24, 2.45) is 0 Å². The van der Waals surface area contributed by atoms with Crippen LogP contribution in [0.5, 0.6) is 0 Å². The molecule has 0 aromatic carbocycles. The van der Waals surface area contributed by atoms with Crippen molar-refractivity contribution in [3.8, 4) is 0 Å². The van der Waals surface area contributed by atoms with E-state index in [0.717, 1.165) is 17.0 Å². The van der Waals surface area contributed by atoms with Crippen LogP contribution >= 0.6 is 15.9 Å². The minimum Gasteiger partial charge on any atom is -0.444 e. The van der Waals surface area contributed by atoms with E-state index in [1.807, 2.05) is 27.7 Å². The number of ether oxygens (including phenoxy) is 1. The van der Waals surface area contributed by atoms with Crippen LogP contribution in [0, 0.1) is 0 Å². The van der Waals surface area contributed by atoms with Crippen molar-refractivity contribution in [3.05, 3.63) is 16.6 Å². The molecular formula is C12H18BrN3O2. The van der Waals surface area contributed by atoms with Crippen molar-refractivity contribution in [1.82, 2.24) is 14.5 Å². The molecule has 0 fully saturated rings. The molecule has 1 atom stereocenters. The van der Waals surface area contributed by atoms with Crippen LogP contribution in [0.15, 0.2) is 10.9 Å². The van der Waals surface area contributed by atoms with Crippen LogP contribution in [0.1, 0.15) is 39.4 Å². The highest BCUT2D eigenvalue weighted by Crippen LogP contribution is 2.29. The molecule has 1 aliphatic rings. The molecule has 6 heteroatoms. The van der Waals surface area contributed by atoms with E-state index in [2.05, 4.69) is 25.5 Å². The van der Waals surface area contributed by atoms with Gasteiger partial charge >= 0.3 is 6.09 Å². The number of nitrogens with zero attached hydrogens (tertiary/aromatic N) is 3. The number of imidazole rings is 1. The summed E-state index contributed by atoms with van der Waals surface area (Å²) < 4.78 is 8.30. The number of hydrogen-bond acceptors (Lipinski definition) is 3. The zero-order valence-electron chi connectivity index (χ0n) is 11.1. The lowest BCUT2D eigenvalue weighted by Crippen LogP contribution is -2.43. The summed E-state index contributed by atoms with van der Waals surface area (Å²) in [5.74, 6) is 0. The van der Waals surface area contributed by atoms with E-state index in [4.69, 9.17) is 4.74 Å². The second-order valence-corrected chi connectivity index (χ2v) is 6.16. The minimum atomic E-state index is -0.463. The maximum atomic E-state index is 12.1. The summed E-state index contributed by atoms with van der Waals surface area (Å²) in [5.41, 5.74) is 0.564. The van der Waals surface area contributed by atoms with Crippen molar-refractivity contribution in [1.29, 1.82) is 0 Å². The third kappa shape index (κ3) is 2.53. The SMILES string of the molecule is C[C@H]1c2cnc(Br)n2CCN1C(=O)OC(C)(C)C. The normalized spacial score (nSPS) is 19.6. The smallest absolute Gasteiger partial charge is 0.410 e. The third-order valence-corrected chi connectivity index (χ3v) is 3.56. The molecule has 0 saturated heterocycles. The molecule has 0 N–H and O–H groups in total. The quantitative estimate of drug-likeness (QED) is 0.739. The first-order valence-electron chi connectivity index (χ1n) is 6.00. The molecule has 18 heavy (non-hydrogen) atoms. The van der Waals surface area contributed by atoms with E-state index in [-0.39, 0.29) is 12.1 Å². The molecule has 0 aliphatic carbocycles. The molecule has 1 aromatic heterocycles. The Balaban J connectivity index is 2.17. The predicted molar refractivity (Wildman–Crippen MR) is 71.3 cm³/mol. The lowest BCUT2D eigenvalue weighted by molar-refractivity contribution is 0.0126.